The van der Waals surface area contributed by atoms with Crippen LogP contribution in [0.2, 0.25) is 5.02 Å². The number of carbonyl (C=O) groups excluding carboxylic acids is 1. The van der Waals surface area contributed by atoms with Crippen LogP contribution in [0.15, 0.2) is 0 Å². The molecule has 0 aliphatic heterocycles. The van der Waals surface area contributed by atoms with Crippen molar-refractivity contribution in [3.05, 3.63) is 36.8 Å². The molecule has 2 aromatic heterocycles. The van der Waals surface area contributed by atoms with Gasteiger partial charge < -0.3 is 15.4 Å². The molecule has 0 spiro atoms. The molecule has 1 amide bonds. The number of hydrogen-bond donors (Lipinski definition) is 1. The van der Waals surface area contributed by atoms with Gasteiger partial charge >= 0.3 is 5.82 Å². The summed E-state index contributed by atoms with van der Waals surface area (Å²) in [5, 5.41) is 27.8. The smallest absolute Gasteiger partial charge is 0.358 e. The molecule has 2 heterocycles. The summed E-state index contributed by atoms with van der Waals surface area (Å²) in [6, 6.07) is 2.24. The van der Waals surface area contributed by atoms with Crippen molar-refractivity contribution < 1.29 is 9.72 Å². The highest BCUT2D eigenvalue weighted by atomic mass is 35.5. The SMILES string of the molecule is Cc1c(Cl)c([N+](=O)[O-])nn1CCCC(=O)Nc1sc2c(c1C#N)CC[C@@H](C)C2. The molecule has 0 aromatic carbocycles. The highest BCUT2D eigenvalue weighted by Crippen LogP contribution is 2.39. The number of amides is 1. The van der Waals surface area contributed by atoms with Crippen molar-refractivity contribution in [1.29, 1.82) is 5.26 Å². The van der Waals surface area contributed by atoms with E-state index in [1.807, 2.05) is 0 Å². The van der Waals surface area contributed by atoms with Crippen LogP contribution >= 0.6 is 22.9 Å². The lowest BCUT2D eigenvalue weighted by Gasteiger charge is -2.17. The van der Waals surface area contributed by atoms with Gasteiger partial charge in [-0.1, -0.05) is 18.5 Å². The van der Waals surface area contributed by atoms with Crippen molar-refractivity contribution >= 4 is 39.7 Å². The Morgan fingerprint density at radius 3 is 2.96 bits per heavy atom. The molecule has 28 heavy (non-hydrogen) atoms. The van der Waals surface area contributed by atoms with Crippen molar-refractivity contribution in [2.75, 3.05) is 5.32 Å². The molecule has 0 bridgehead atoms. The molecule has 0 radical (unpaired) electrons. The summed E-state index contributed by atoms with van der Waals surface area (Å²) in [6.07, 6.45) is 3.55. The second-order valence-electron chi connectivity index (χ2n) is 7.02. The molecule has 0 saturated carbocycles. The van der Waals surface area contributed by atoms with Gasteiger partial charge in [0.15, 0.2) is 5.02 Å². The van der Waals surface area contributed by atoms with Gasteiger partial charge in [-0.2, -0.15) is 9.94 Å². The molecule has 3 rings (SSSR count). The van der Waals surface area contributed by atoms with Gasteiger partial charge in [0, 0.05) is 11.3 Å². The minimum absolute atomic E-state index is 0.0199. The molecular weight excluding hydrogens is 402 g/mol. The highest BCUT2D eigenvalue weighted by Gasteiger charge is 2.25. The summed E-state index contributed by atoms with van der Waals surface area (Å²) in [4.78, 5) is 23.8. The van der Waals surface area contributed by atoms with Crippen molar-refractivity contribution in [3.63, 3.8) is 0 Å². The second-order valence-corrected chi connectivity index (χ2v) is 8.51. The standard InChI is InChI=1S/C18H20ClN5O3S/c1-10-5-6-12-13(9-20)18(28-14(12)8-10)21-15(25)4-3-7-23-11(2)16(19)17(22-23)24(26)27/h10H,3-8H2,1-2H3,(H,21,25)/t10-/m1/s1. The molecule has 2 aromatic rings. The van der Waals surface area contributed by atoms with Crippen molar-refractivity contribution in [2.24, 2.45) is 5.92 Å². The number of nitrogens with zero attached hydrogens (tertiary/aromatic N) is 4. The Hall–Kier alpha value is -2.44. The van der Waals surface area contributed by atoms with E-state index in [1.165, 1.54) is 20.9 Å². The Morgan fingerprint density at radius 1 is 1.57 bits per heavy atom. The molecule has 1 atom stereocenters. The number of nitro groups is 1. The van der Waals surface area contributed by atoms with E-state index in [1.54, 1.807) is 6.92 Å². The van der Waals surface area contributed by atoms with Gasteiger partial charge in [0.05, 0.1) is 22.9 Å². The van der Waals surface area contributed by atoms with E-state index in [2.05, 4.69) is 23.4 Å². The first-order valence-electron chi connectivity index (χ1n) is 9.03. The minimum atomic E-state index is -0.624. The Bertz CT molecular complexity index is 975. The summed E-state index contributed by atoms with van der Waals surface area (Å²) >= 11 is 7.41. The number of thiophene rings is 1. The van der Waals surface area contributed by atoms with E-state index in [-0.39, 0.29) is 23.2 Å². The predicted molar refractivity (Wildman–Crippen MR) is 107 cm³/mol. The number of fused-ring (bicyclic) bond motifs is 1. The molecule has 1 N–H and O–H groups in total. The first kappa shape index (κ1) is 20.3. The van der Waals surface area contributed by atoms with Crippen LogP contribution in [-0.4, -0.2) is 20.6 Å². The summed E-state index contributed by atoms with van der Waals surface area (Å²) in [5.41, 5.74) is 2.17. The molecular formula is C18H20ClN5O3S. The van der Waals surface area contributed by atoms with Gasteiger partial charge in [-0.15, -0.1) is 11.3 Å². The third-order valence-corrected chi connectivity index (χ3v) is 6.55. The monoisotopic (exact) mass is 421 g/mol. The zero-order valence-electron chi connectivity index (χ0n) is 15.6. The summed E-state index contributed by atoms with van der Waals surface area (Å²) < 4.78 is 1.44. The van der Waals surface area contributed by atoms with Crippen LogP contribution in [0.3, 0.4) is 0 Å². The molecule has 0 unspecified atom stereocenters. The fraction of sp³-hybridized carbons (Fsp3) is 0.500. The summed E-state index contributed by atoms with van der Waals surface area (Å²) in [7, 11) is 0. The number of hydrogen-bond acceptors (Lipinski definition) is 6. The summed E-state index contributed by atoms with van der Waals surface area (Å²) in [5.74, 6) is 0.0312. The Balaban J connectivity index is 1.61. The Kier molecular flexibility index (Phi) is 6.01. The normalized spacial score (nSPS) is 15.7. The Morgan fingerprint density at radius 2 is 2.32 bits per heavy atom. The molecule has 0 saturated heterocycles. The maximum Gasteiger partial charge on any atom is 0.408 e. The number of nitrogens with one attached hydrogen (secondary N) is 1. The number of aryl methyl sites for hydroxylation is 1. The van der Waals surface area contributed by atoms with Gasteiger partial charge in [-0.05, 0) is 49.0 Å². The van der Waals surface area contributed by atoms with Gasteiger partial charge in [0.1, 0.15) is 11.1 Å². The number of rotatable bonds is 6. The van der Waals surface area contributed by atoms with Crippen LogP contribution in [0, 0.1) is 34.3 Å². The van der Waals surface area contributed by atoms with Crippen molar-refractivity contribution in [1.82, 2.24) is 9.78 Å². The van der Waals surface area contributed by atoms with Crippen LogP contribution in [-0.2, 0) is 24.2 Å². The van der Waals surface area contributed by atoms with Crippen LogP contribution < -0.4 is 5.32 Å². The van der Waals surface area contributed by atoms with Gasteiger partial charge in [-0.3, -0.25) is 4.79 Å². The number of halogens is 1. The van der Waals surface area contributed by atoms with E-state index in [0.717, 1.165) is 24.8 Å². The first-order chi connectivity index (χ1) is 13.3. The largest absolute Gasteiger partial charge is 0.408 e. The number of nitriles is 1. The Labute approximate surface area is 171 Å². The van der Waals surface area contributed by atoms with E-state index < -0.39 is 4.92 Å². The van der Waals surface area contributed by atoms with E-state index in [4.69, 9.17) is 11.6 Å². The minimum Gasteiger partial charge on any atom is -0.358 e. The second kappa shape index (κ2) is 8.29. The third kappa shape index (κ3) is 4.03. The van der Waals surface area contributed by atoms with E-state index in [9.17, 15) is 20.2 Å². The van der Waals surface area contributed by atoms with E-state index >= 15 is 0 Å². The average Bonchev–Trinajstić information content (AvgIpc) is 3.12. The van der Waals surface area contributed by atoms with Crippen LogP contribution in [0.25, 0.3) is 0 Å². The third-order valence-electron chi connectivity index (χ3n) is 4.94. The molecule has 10 heteroatoms. The van der Waals surface area contributed by atoms with E-state index in [0.29, 0.717) is 35.1 Å². The van der Waals surface area contributed by atoms with Crippen molar-refractivity contribution in [3.8, 4) is 6.07 Å². The molecule has 8 nitrogen and oxygen atoms in total. The fourth-order valence-electron chi connectivity index (χ4n) is 3.38. The number of carbonyl (C=O) groups is 1. The molecule has 148 valence electrons. The molecule has 0 fully saturated rings. The quantitative estimate of drug-likeness (QED) is 0.553. The highest BCUT2D eigenvalue weighted by molar-refractivity contribution is 7.16. The first-order valence-corrected chi connectivity index (χ1v) is 10.2. The number of anilines is 1. The fourth-order valence-corrected chi connectivity index (χ4v) is 4.96. The van der Waals surface area contributed by atoms with Gasteiger partial charge in [-0.25, -0.2) is 0 Å². The average molecular weight is 422 g/mol. The van der Waals surface area contributed by atoms with Crippen LogP contribution in [0.1, 0.15) is 47.9 Å². The number of aromatic nitrogens is 2. The lowest BCUT2D eigenvalue weighted by molar-refractivity contribution is -0.389. The maximum absolute atomic E-state index is 12.3. The van der Waals surface area contributed by atoms with Crippen LogP contribution in [0.4, 0.5) is 10.8 Å². The van der Waals surface area contributed by atoms with Crippen molar-refractivity contribution in [2.45, 2.75) is 52.5 Å². The predicted octanol–water partition coefficient (Wildman–Crippen LogP) is 4.23. The molecule has 1 aliphatic carbocycles. The lowest BCUT2D eigenvalue weighted by Crippen LogP contribution is -2.13. The topological polar surface area (TPSA) is 114 Å². The summed E-state index contributed by atoms with van der Waals surface area (Å²) in [6.45, 7) is 4.19. The van der Waals surface area contributed by atoms with Gasteiger partial charge in [0.2, 0.25) is 5.91 Å². The zero-order chi connectivity index (χ0) is 20.4. The molecule has 1 aliphatic rings. The zero-order valence-corrected chi connectivity index (χ0v) is 17.2. The van der Waals surface area contributed by atoms with Crippen LogP contribution in [0.5, 0.6) is 0 Å². The van der Waals surface area contributed by atoms with Gasteiger partial charge in [0.25, 0.3) is 0 Å². The maximum atomic E-state index is 12.3. The lowest BCUT2D eigenvalue weighted by atomic mass is 9.88.